The lowest BCUT2D eigenvalue weighted by Crippen LogP contribution is -2.46. The molecule has 3 aliphatic heterocycles. The molecule has 3 nitrogen and oxygen atoms in total. The van der Waals surface area contributed by atoms with E-state index in [1.165, 1.54) is 11.6 Å². The van der Waals surface area contributed by atoms with Crippen molar-refractivity contribution in [3.63, 3.8) is 0 Å². The number of piperidine rings is 1. The number of alkyl halides is 3. The van der Waals surface area contributed by atoms with E-state index in [-0.39, 0.29) is 5.02 Å². The molecule has 2 aromatic carbocycles. The number of ether oxygens (including phenoxy) is 1. The predicted octanol–water partition coefficient (Wildman–Crippen LogP) is 4.68. The summed E-state index contributed by atoms with van der Waals surface area (Å²) in [6.07, 6.45) is -3.33. The van der Waals surface area contributed by atoms with Crippen molar-refractivity contribution in [2.45, 2.75) is 24.6 Å². The van der Waals surface area contributed by atoms with Crippen LogP contribution in [0, 0.1) is 0 Å². The molecular formula is C20H18ClF3N2O. The van der Waals surface area contributed by atoms with Gasteiger partial charge in [0.1, 0.15) is 12.4 Å². The minimum atomic E-state index is -4.41. The van der Waals surface area contributed by atoms with E-state index in [9.17, 15) is 13.2 Å². The summed E-state index contributed by atoms with van der Waals surface area (Å²) in [6.45, 7) is 3.39. The van der Waals surface area contributed by atoms with E-state index in [1.54, 1.807) is 0 Å². The number of rotatable bonds is 1. The number of anilines is 1. The molecule has 1 N–H and O–H groups in total. The molecule has 3 aliphatic rings. The van der Waals surface area contributed by atoms with Crippen molar-refractivity contribution in [1.29, 1.82) is 0 Å². The quantitative estimate of drug-likeness (QED) is 0.759. The van der Waals surface area contributed by atoms with Crippen molar-refractivity contribution in [3.8, 4) is 16.9 Å². The lowest BCUT2D eigenvalue weighted by atomic mass is 9.88. The van der Waals surface area contributed by atoms with Crippen LogP contribution in [-0.2, 0) is 6.18 Å². The van der Waals surface area contributed by atoms with E-state index in [1.807, 2.05) is 6.07 Å². The Labute approximate surface area is 160 Å². The van der Waals surface area contributed by atoms with Gasteiger partial charge in [0, 0.05) is 29.1 Å². The second-order valence-corrected chi connectivity index (χ2v) is 7.72. The molecule has 0 amide bonds. The molecule has 1 fully saturated rings. The van der Waals surface area contributed by atoms with Crippen LogP contribution < -0.4 is 15.0 Å². The Hall–Kier alpha value is -1.92. The van der Waals surface area contributed by atoms with Crippen LogP contribution in [0.4, 0.5) is 18.9 Å². The number of fused-ring (bicyclic) bond motifs is 3. The molecule has 27 heavy (non-hydrogen) atoms. The third-order valence-electron chi connectivity index (χ3n) is 5.83. The zero-order valence-corrected chi connectivity index (χ0v) is 15.2. The summed E-state index contributed by atoms with van der Waals surface area (Å²) in [6, 6.07) is 7.97. The van der Waals surface area contributed by atoms with E-state index in [2.05, 4.69) is 16.3 Å². The fraction of sp³-hybridized carbons (Fsp3) is 0.400. The smallest absolute Gasteiger partial charge is 0.416 e. The van der Waals surface area contributed by atoms with Crippen LogP contribution >= 0.6 is 11.6 Å². The van der Waals surface area contributed by atoms with Gasteiger partial charge in [0.25, 0.3) is 0 Å². The van der Waals surface area contributed by atoms with E-state index in [4.69, 9.17) is 16.3 Å². The highest BCUT2D eigenvalue weighted by molar-refractivity contribution is 6.33. The van der Waals surface area contributed by atoms with Gasteiger partial charge in [0.05, 0.1) is 17.8 Å². The molecule has 0 aromatic heterocycles. The molecule has 0 spiro atoms. The van der Waals surface area contributed by atoms with Crippen LogP contribution in [0.3, 0.4) is 0 Å². The molecule has 0 radical (unpaired) electrons. The van der Waals surface area contributed by atoms with Crippen LogP contribution in [0.1, 0.15) is 23.5 Å². The zero-order valence-electron chi connectivity index (χ0n) is 14.4. The zero-order chi connectivity index (χ0) is 18.8. The number of hydrogen-bond donors (Lipinski definition) is 1. The van der Waals surface area contributed by atoms with E-state index < -0.39 is 11.7 Å². The first kappa shape index (κ1) is 17.2. The molecule has 0 saturated carbocycles. The summed E-state index contributed by atoms with van der Waals surface area (Å²) >= 11 is 6.23. The van der Waals surface area contributed by atoms with Gasteiger partial charge < -0.3 is 15.0 Å². The Morgan fingerprint density at radius 2 is 2.04 bits per heavy atom. The molecule has 5 rings (SSSR count). The Kier molecular flexibility index (Phi) is 3.85. The molecular weight excluding hydrogens is 377 g/mol. The number of halogens is 4. The second kappa shape index (κ2) is 6.04. The van der Waals surface area contributed by atoms with Crippen molar-refractivity contribution in [3.05, 3.63) is 46.5 Å². The van der Waals surface area contributed by atoms with E-state index in [0.717, 1.165) is 55.2 Å². The first-order valence-electron chi connectivity index (χ1n) is 9.09. The molecule has 2 atom stereocenters. The summed E-state index contributed by atoms with van der Waals surface area (Å²) in [4.78, 5) is 2.44. The Balaban J connectivity index is 1.62. The average molecular weight is 395 g/mol. The van der Waals surface area contributed by atoms with Crippen molar-refractivity contribution in [2.75, 3.05) is 31.1 Å². The number of benzene rings is 2. The SMILES string of the molecule is FC(F)(F)c1ccc(-c2cc3c4c(c2)[C@@H]2CNCC[C@@H]2N4CCO3)c(Cl)c1. The van der Waals surface area contributed by atoms with Gasteiger partial charge in [-0.05, 0) is 48.4 Å². The van der Waals surface area contributed by atoms with Crippen LogP contribution in [0.5, 0.6) is 5.75 Å². The molecule has 0 bridgehead atoms. The van der Waals surface area contributed by atoms with Crippen LogP contribution in [0.25, 0.3) is 11.1 Å². The molecule has 0 aliphatic carbocycles. The van der Waals surface area contributed by atoms with E-state index >= 15 is 0 Å². The number of nitrogens with one attached hydrogen (secondary N) is 1. The first-order valence-corrected chi connectivity index (χ1v) is 9.46. The topological polar surface area (TPSA) is 24.5 Å². The van der Waals surface area contributed by atoms with Crippen LogP contribution in [-0.4, -0.2) is 32.3 Å². The third-order valence-corrected chi connectivity index (χ3v) is 6.15. The van der Waals surface area contributed by atoms with Crippen LogP contribution in [0.15, 0.2) is 30.3 Å². The molecule has 0 unspecified atom stereocenters. The van der Waals surface area contributed by atoms with Crippen molar-refractivity contribution in [1.82, 2.24) is 5.32 Å². The summed E-state index contributed by atoms with van der Waals surface area (Å²) < 4.78 is 44.8. The minimum absolute atomic E-state index is 0.0981. The summed E-state index contributed by atoms with van der Waals surface area (Å²) in [5.41, 5.74) is 3.01. The van der Waals surface area contributed by atoms with Crippen molar-refractivity contribution < 1.29 is 17.9 Å². The lowest BCUT2D eigenvalue weighted by Gasteiger charge is -2.36. The Bertz CT molecular complexity index is 915. The summed E-state index contributed by atoms with van der Waals surface area (Å²) in [7, 11) is 0. The van der Waals surface area contributed by atoms with Crippen molar-refractivity contribution >= 4 is 17.3 Å². The van der Waals surface area contributed by atoms with Gasteiger partial charge in [0.15, 0.2) is 0 Å². The van der Waals surface area contributed by atoms with Gasteiger partial charge in [-0.15, -0.1) is 0 Å². The maximum atomic E-state index is 12.9. The normalized spacial score (nSPS) is 23.6. The van der Waals surface area contributed by atoms with Gasteiger partial charge in [0.2, 0.25) is 0 Å². The second-order valence-electron chi connectivity index (χ2n) is 7.31. The Morgan fingerprint density at radius 1 is 1.19 bits per heavy atom. The Morgan fingerprint density at radius 3 is 2.81 bits per heavy atom. The molecule has 142 valence electrons. The molecule has 7 heteroatoms. The molecule has 1 saturated heterocycles. The fourth-order valence-electron chi connectivity index (χ4n) is 4.64. The molecule has 2 aromatic rings. The highest BCUT2D eigenvalue weighted by Crippen LogP contribution is 2.51. The number of nitrogens with zero attached hydrogens (tertiary/aromatic N) is 1. The highest BCUT2D eigenvalue weighted by Gasteiger charge is 2.43. The van der Waals surface area contributed by atoms with Gasteiger partial charge in [-0.3, -0.25) is 0 Å². The average Bonchev–Trinajstić information content (AvgIpc) is 2.97. The maximum absolute atomic E-state index is 12.9. The first-order chi connectivity index (χ1) is 12.9. The van der Waals surface area contributed by atoms with E-state index in [0.29, 0.717) is 24.1 Å². The maximum Gasteiger partial charge on any atom is 0.416 e. The highest BCUT2D eigenvalue weighted by atomic mass is 35.5. The van der Waals surface area contributed by atoms with Gasteiger partial charge in [-0.2, -0.15) is 13.2 Å². The van der Waals surface area contributed by atoms with Gasteiger partial charge >= 0.3 is 6.18 Å². The third kappa shape index (κ3) is 2.69. The van der Waals surface area contributed by atoms with Crippen molar-refractivity contribution in [2.24, 2.45) is 0 Å². The monoisotopic (exact) mass is 394 g/mol. The standard InChI is InChI=1S/C20H18ClF3N2O/c21-16-9-12(20(22,23)24)1-2-13(16)11-7-14-15-10-25-4-3-17(15)26-5-6-27-18(8-11)19(14)26/h1-2,7-9,15,17,25H,3-6,10H2/t15-,17-/m0/s1. The fourth-order valence-corrected chi connectivity index (χ4v) is 4.93. The largest absolute Gasteiger partial charge is 0.490 e. The van der Waals surface area contributed by atoms with Crippen LogP contribution in [0.2, 0.25) is 5.02 Å². The molecule has 3 heterocycles. The summed E-state index contributed by atoms with van der Waals surface area (Å²) in [5, 5.41) is 3.56. The van der Waals surface area contributed by atoms with Gasteiger partial charge in [-0.25, -0.2) is 0 Å². The predicted molar refractivity (Wildman–Crippen MR) is 98.7 cm³/mol. The lowest BCUT2D eigenvalue weighted by molar-refractivity contribution is -0.137. The minimum Gasteiger partial charge on any atom is -0.490 e. The van der Waals surface area contributed by atoms with Gasteiger partial charge in [-0.1, -0.05) is 17.7 Å². The summed E-state index contributed by atoms with van der Waals surface area (Å²) in [5.74, 6) is 1.17. The number of hydrogen-bond acceptors (Lipinski definition) is 3.